The molecule has 8 heteroatoms. The molecule has 1 amide bonds. The Labute approximate surface area is 202 Å². The summed E-state index contributed by atoms with van der Waals surface area (Å²) in [7, 11) is 1.86. The van der Waals surface area contributed by atoms with Gasteiger partial charge in [-0.3, -0.25) is 14.2 Å². The van der Waals surface area contributed by atoms with Crippen LogP contribution in [-0.2, 0) is 13.6 Å². The van der Waals surface area contributed by atoms with Gasteiger partial charge in [-0.05, 0) is 39.0 Å². The Bertz CT molecular complexity index is 1580. The molecule has 7 nitrogen and oxygen atoms in total. The number of fused-ring (bicyclic) bond motifs is 1. The van der Waals surface area contributed by atoms with E-state index in [-0.39, 0.29) is 18.3 Å². The van der Waals surface area contributed by atoms with Crippen molar-refractivity contribution in [3.05, 3.63) is 94.8 Å². The predicted molar refractivity (Wildman–Crippen MR) is 134 cm³/mol. The highest BCUT2D eigenvalue weighted by atomic mass is 19.1. The third kappa shape index (κ3) is 4.19. The minimum absolute atomic E-state index is 0.261. The van der Waals surface area contributed by atoms with Gasteiger partial charge in [0.2, 0.25) is 0 Å². The lowest BCUT2D eigenvalue weighted by Crippen LogP contribution is -2.14. The van der Waals surface area contributed by atoms with E-state index >= 15 is 0 Å². The molecule has 0 aliphatic rings. The van der Waals surface area contributed by atoms with Gasteiger partial charge in [-0.15, -0.1) is 0 Å². The van der Waals surface area contributed by atoms with Crippen molar-refractivity contribution in [1.82, 2.24) is 24.5 Å². The number of amides is 1. The zero-order valence-electron chi connectivity index (χ0n) is 20.0. The number of aryl methyl sites for hydroxylation is 3. The molecule has 1 N–H and O–H groups in total. The first kappa shape index (κ1) is 22.5. The van der Waals surface area contributed by atoms with Crippen LogP contribution in [0.5, 0.6) is 0 Å². The highest BCUT2D eigenvalue weighted by Gasteiger charge is 2.20. The van der Waals surface area contributed by atoms with Crippen molar-refractivity contribution in [2.24, 2.45) is 7.05 Å². The maximum atomic E-state index is 14.2. The van der Waals surface area contributed by atoms with Crippen LogP contribution in [0.4, 0.5) is 10.1 Å². The van der Waals surface area contributed by atoms with E-state index in [2.05, 4.69) is 15.5 Å². The first-order valence-electron chi connectivity index (χ1n) is 11.3. The molecule has 0 atom stereocenters. The maximum absolute atomic E-state index is 14.2. The maximum Gasteiger partial charge on any atom is 0.256 e. The quantitative estimate of drug-likeness (QED) is 0.385. The molecule has 0 saturated carbocycles. The molecule has 0 radical (unpaired) electrons. The van der Waals surface area contributed by atoms with E-state index < -0.39 is 0 Å². The highest BCUT2D eigenvalue weighted by Crippen LogP contribution is 2.28. The molecule has 3 heterocycles. The summed E-state index contributed by atoms with van der Waals surface area (Å²) in [6, 6.07) is 16.0. The van der Waals surface area contributed by atoms with E-state index in [1.165, 1.54) is 6.07 Å². The average Bonchev–Trinajstić information content (AvgIpc) is 3.31. The Hall–Kier alpha value is -4.33. The molecule has 35 heavy (non-hydrogen) atoms. The summed E-state index contributed by atoms with van der Waals surface area (Å²) in [5.74, 6) is -0.546. The van der Waals surface area contributed by atoms with Gasteiger partial charge in [-0.25, -0.2) is 9.37 Å². The molecular weight excluding hydrogens is 443 g/mol. The van der Waals surface area contributed by atoms with Crippen LogP contribution in [0.3, 0.4) is 0 Å². The third-order valence-corrected chi connectivity index (χ3v) is 6.15. The Kier molecular flexibility index (Phi) is 5.64. The molecule has 0 unspecified atom stereocenters. The van der Waals surface area contributed by atoms with Crippen molar-refractivity contribution in [3.8, 4) is 11.3 Å². The van der Waals surface area contributed by atoms with Gasteiger partial charge in [0.1, 0.15) is 5.82 Å². The van der Waals surface area contributed by atoms with Gasteiger partial charge in [0.25, 0.3) is 5.91 Å². The van der Waals surface area contributed by atoms with Crippen LogP contribution in [0.2, 0.25) is 0 Å². The summed E-state index contributed by atoms with van der Waals surface area (Å²) in [5, 5.41) is 12.8. The van der Waals surface area contributed by atoms with Crippen molar-refractivity contribution in [2.45, 2.75) is 27.3 Å². The number of rotatable bonds is 5. The van der Waals surface area contributed by atoms with E-state index in [0.717, 1.165) is 27.9 Å². The fraction of sp³-hybridized carbons (Fsp3) is 0.185. The first-order valence-corrected chi connectivity index (χ1v) is 11.3. The van der Waals surface area contributed by atoms with E-state index in [1.807, 2.05) is 58.3 Å². The van der Waals surface area contributed by atoms with Crippen molar-refractivity contribution in [2.75, 3.05) is 5.32 Å². The molecule has 3 aromatic heterocycles. The van der Waals surface area contributed by atoms with Gasteiger partial charge in [0.15, 0.2) is 0 Å². The second-order valence-corrected chi connectivity index (χ2v) is 8.62. The van der Waals surface area contributed by atoms with Crippen LogP contribution < -0.4 is 5.32 Å². The molecule has 0 saturated heterocycles. The van der Waals surface area contributed by atoms with Gasteiger partial charge in [0, 0.05) is 29.8 Å². The molecule has 0 bridgehead atoms. The summed E-state index contributed by atoms with van der Waals surface area (Å²) in [6.07, 6.45) is 1.90. The number of halogens is 1. The predicted octanol–water partition coefficient (Wildman–Crippen LogP) is 5.20. The summed E-state index contributed by atoms with van der Waals surface area (Å²) in [6.45, 7) is 5.89. The molecule has 5 aromatic rings. The third-order valence-electron chi connectivity index (χ3n) is 6.15. The summed E-state index contributed by atoms with van der Waals surface area (Å²) < 4.78 is 17.6. The molecule has 0 aliphatic carbocycles. The number of anilines is 1. The number of hydrogen-bond acceptors (Lipinski definition) is 4. The lowest BCUT2D eigenvalue weighted by Gasteiger charge is -2.11. The van der Waals surface area contributed by atoms with Crippen LogP contribution in [0.1, 0.15) is 33.0 Å². The minimum atomic E-state index is -0.285. The number of aromatic nitrogens is 5. The molecule has 2 aromatic carbocycles. The van der Waals surface area contributed by atoms with Crippen LogP contribution in [0, 0.1) is 26.6 Å². The Morgan fingerprint density at radius 3 is 2.49 bits per heavy atom. The van der Waals surface area contributed by atoms with Crippen molar-refractivity contribution < 1.29 is 9.18 Å². The van der Waals surface area contributed by atoms with Crippen LogP contribution in [0.15, 0.2) is 60.8 Å². The molecule has 0 spiro atoms. The lowest BCUT2D eigenvalue weighted by molar-refractivity contribution is 0.102. The normalized spacial score (nSPS) is 11.2. The second kappa shape index (κ2) is 8.79. The SMILES string of the molecule is Cc1nn(C)cc1-c1cc(C(=O)Nc2c(C)nn(Cc3ccccc3F)c2C)c2ccccc2n1. The molecule has 5 rings (SSSR count). The zero-order valence-corrected chi connectivity index (χ0v) is 20.0. The highest BCUT2D eigenvalue weighted by molar-refractivity contribution is 6.13. The zero-order chi connectivity index (χ0) is 24.7. The van der Waals surface area contributed by atoms with Crippen LogP contribution in [0.25, 0.3) is 22.2 Å². The van der Waals surface area contributed by atoms with E-state index in [4.69, 9.17) is 4.98 Å². The molecule has 0 fully saturated rings. The number of para-hydroxylation sites is 1. The van der Waals surface area contributed by atoms with Gasteiger partial charge in [0.05, 0.1) is 46.1 Å². The molecular formula is C27H25FN6O. The topological polar surface area (TPSA) is 77.6 Å². The first-order chi connectivity index (χ1) is 16.8. The van der Waals surface area contributed by atoms with Gasteiger partial charge in [-0.2, -0.15) is 10.2 Å². The average molecular weight is 469 g/mol. The smallest absolute Gasteiger partial charge is 0.256 e. The van der Waals surface area contributed by atoms with Crippen LogP contribution >= 0.6 is 0 Å². The number of benzene rings is 2. The number of pyridine rings is 1. The minimum Gasteiger partial charge on any atom is -0.319 e. The van der Waals surface area contributed by atoms with Gasteiger partial charge >= 0.3 is 0 Å². The fourth-order valence-corrected chi connectivity index (χ4v) is 4.35. The Balaban J connectivity index is 1.52. The summed E-state index contributed by atoms with van der Waals surface area (Å²) in [4.78, 5) is 18.3. The van der Waals surface area contributed by atoms with Crippen molar-refractivity contribution in [3.63, 3.8) is 0 Å². The Morgan fingerprint density at radius 2 is 1.74 bits per heavy atom. The van der Waals surface area contributed by atoms with Crippen molar-refractivity contribution >= 4 is 22.5 Å². The number of hydrogen-bond donors (Lipinski definition) is 1. The standard InChI is InChI=1S/C27H25FN6O/c1-16-22(15-33(4)31-16)25-13-21(20-10-6-8-12-24(20)29-25)27(35)30-26-17(2)32-34(18(26)3)14-19-9-5-7-11-23(19)28/h5-13,15H,14H2,1-4H3,(H,30,35). The number of nitrogens with zero attached hydrogens (tertiary/aromatic N) is 5. The number of carbonyl (C=O) groups is 1. The second-order valence-electron chi connectivity index (χ2n) is 8.62. The number of carbonyl (C=O) groups excluding carboxylic acids is 1. The molecule has 176 valence electrons. The largest absolute Gasteiger partial charge is 0.319 e. The fourth-order valence-electron chi connectivity index (χ4n) is 4.35. The van der Waals surface area contributed by atoms with E-state index in [9.17, 15) is 9.18 Å². The summed E-state index contributed by atoms with van der Waals surface area (Å²) in [5.41, 5.74) is 6.19. The molecule has 0 aliphatic heterocycles. The van der Waals surface area contributed by atoms with E-state index in [1.54, 1.807) is 33.6 Å². The van der Waals surface area contributed by atoms with Gasteiger partial charge < -0.3 is 5.32 Å². The summed E-state index contributed by atoms with van der Waals surface area (Å²) >= 11 is 0. The van der Waals surface area contributed by atoms with Gasteiger partial charge in [-0.1, -0.05) is 36.4 Å². The van der Waals surface area contributed by atoms with E-state index in [0.29, 0.717) is 28.2 Å². The van der Waals surface area contributed by atoms with Crippen LogP contribution in [-0.4, -0.2) is 30.5 Å². The monoisotopic (exact) mass is 468 g/mol. The number of nitrogens with one attached hydrogen (secondary N) is 1. The lowest BCUT2D eigenvalue weighted by atomic mass is 10.0. The Morgan fingerprint density at radius 1 is 1.00 bits per heavy atom. The van der Waals surface area contributed by atoms with Crippen molar-refractivity contribution in [1.29, 1.82) is 0 Å².